The maximum absolute atomic E-state index is 12.3. The number of fused-ring (bicyclic) bond motifs is 1. The normalized spacial score (nSPS) is 11.9. The van der Waals surface area contributed by atoms with Gasteiger partial charge in [0.25, 0.3) is 5.91 Å². The Labute approximate surface area is 164 Å². The van der Waals surface area contributed by atoms with E-state index in [1.54, 1.807) is 7.11 Å². The Morgan fingerprint density at radius 3 is 2.85 bits per heavy atom. The minimum absolute atomic E-state index is 0.0902. The maximum atomic E-state index is 12.3. The molecule has 1 heterocycles. The van der Waals surface area contributed by atoms with E-state index in [9.17, 15) is 4.79 Å². The highest BCUT2D eigenvalue weighted by atomic mass is 79.9. The van der Waals surface area contributed by atoms with Crippen molar-refractivity contribution in [3.8, 4) is 5.75 Å². The number of methoxy groups -OCH3 is 1. The summed E-state index contributed by atoms with van der Waals surface area (Å²) < 4.78 is 14.8. The number of amides is 1. The number of carbonyl (C=O) groups excluding carboxylic acids is 1. The van der Waals surface area contributed by atoms with Crippen molar-refractivity contribution in [2.45, 2.75) is 13.5 Å². The molecule has 0 aliphatic heterocycles. The van der Waals surface area contributed by atoms with Crippen LogP contribution in [0.4, 0.5) is 0 Å². The van der Waals surface area contributed by atoms with Gasteiger partial charge in [-0.1, -0.05) is 45.5 Å². The van der Waals surface area contributed by atoms with E-state index in [4.69, 9.17) is 9.47 Å². The number of hydrogen-bond donors (Lipinski definition) is 0. The van der Waals surface area contributed by atoms with Crippen molar-refractivity contribution in [2.75, 3.05) is 20.3 Å². The van der Waals surface area contributed by atoms with E-state index in [1.807, 2.05) is 54.0 Å². The number of carbonyl (C=O) groups is 1. The average Bonchev–Trinajstić information content (AvgIpc) is 2.95. The largest absolute Gasteiger partial charge is 0.483 e. The molecule has 0 N–H and O–H groups in total. The van der Waals surface area contributed by atoms with Crippen LogP contribution in [0.2, 0.25) is 0 Å². The molecule has 0 atom stereocenters. The second-order valence-corrected chi connectivity index (χ2v) is 7.63. The van der Waals surface area contributed by atoms with E-state index in [2.05, 4.69) is 20.9 Å². The lowest BCUT2D eigenvalue weighted by Gasteiger charge is -2.06. The van der Waals surface area contributed by atoms with Crippen LogP contribution in [0.1, 0.15) is 5.56 Å². The van der Waals surface area contributed by atoms with Crippen LogP contribution in [-0.4, -0.2) is 30.8 Å². The lowest BCUT2D eigenvalue weighted by molar-refractivity contribution is -0.120. The molecule has 26 heavy (non-hydrogen) atoms. The minimum atomic E-state index is -0.315. The van der Waals surface area contributed by atoms with Gasteiger partial charge in [0.15, 0.2) is 11.4 Å². The summed E-state index contributed by atoms with van der Waals surface area (Å²) >= 11 is 4.96. The Morgan fingerprint density at radius 2 is 2.08 bits per heavy atom. The lowest BCUT2D eigenvalue weighted by atomic mass is 10.2. The van der Waals surface area contributed by atoms with E-state index >= 15 is 0 Å². The number of rotatable bonds is 6. The van der Waals surface area contributed by atoms with Crippen LogP contribution in [0.5, 0.6) is 5.75 Å². The molecule has 0 bridgehead atoms. The van der Waals surface area contributed by atoms with Crippen LogP contribution in [0.3, 0.4) is 0 Å². The summed E-state index contributed by atoms with van der Waals surface area (Å²) in [7, 11) is 1.66. The minimum Gasteiger partial charge on any atom is -0.483 e. The molecule has 7 heteroatoms. The van der Waals surface area contributed by atoms with Crippen LogP contribution in [-0.2, 0) is 16.1 Å². The quantitative estimate of drug-likeness (QED) is 0.590. The van der Waals surface area contributed by atoms with Crippen molar-refractivity contribution in [1.29, 1.82) is 0 Å². The molecule has 0 aliphatic rings. The standard InChI is InChI=1S/C19H19BrN2O3S/c1-13-5-3-4-6-16(13)25-12-18(23)21-19-22(9-10-24-2)15-8-7-14(20)11-17(15)26-19/h3-8,11H,9-10,12H2,1-2H3. The fraction of sp³-hybridized carbons (Fsp3) is 0.263. The number of thiazole rings is 1. The van der Waals surface area contributed by atoms with Gasteiger partial charge in [0.1, 0.15) is 5.75 Å². The van der Waals surface area contributed by atoms with Crippen molar-refractivity contribution in [2.24, 2.45) is 4.99 Å². The molecule has 0 spiro atoms. The second-order valence-electron chi connectivity index (χ2n) is 5.70. The Hall–Kier alpha value is -1.96. The van der Waals surface area contributed by atoms with Crippen LogP contribution < -0.4 is 9.54 Å². The topological polar surface area (TPSA) is 52.8 Å². The van der Waals surface area contributed by atoms with Gasteiger partial charge in [-0.05, 0) is 36.8 Å². The highest BCUT2D eigenvalue weighted by molar-refractivity contribution is 9.10. The highest BCUT2D eigenvalue weighted by Gasteiger charge is 2.09. The first-order valence-electron chi connectivity index (χ1n) is 8.12. The molecular formula is C19H19BrN2O3S. The first-order valence-corrected chi connectivity index (χ1v) is 9.73. The van der Waals surface area contributed by atoms with Gasteiger partial charge < -0.3 is 14.0 Å². The SMILES string of the molecule is COCCn1c(=NC(=O)COc2ccccc2C)sc2cc(Br)ccc21. The zero-order chi connectivity index (χ0) is 18.5. The van der Waals surface area contributed by atoms with Crippen LogP contribution >= 0.6 is 27.3 Å². The summed E-state index contributed by atoms with van der Waals surface area (Å²) in [5.41, 5.74) is 2.02. The average molecular weight is 435 g/mol. The van der Waals surface area contributed by atoms with Crippen molar-refractivity contribution >= 4 is 43.4 Å². The van der Waals surface area contributed by atoms with E-state index in [1.165, 1.54) is 11.3 Å². The maximum Gasteiger partial charge on any atom is 0.286 e. The monoisotopic (exact) mass is 434 g/mol. The molecule has 136 valence electrons. The summed E-state index contributed by atoms with van der Waals surface area (Å²) in [5, 5.41) is 0. The van der Waals surface area contributed by atoms with Crippen LogP contribution in [0.15, 0.2) is 51.9 Å². The molecular weight excluding hydrogens is 416 g/mol. The number of aromatic nitrogens is 1. The molecule has 0 saturated carbocycles. The molecule has 0 fully saturated rings. The van der Waals surface area contributed by atoms with Gasteiger partial charge >= 0.3 is 0 Å². The third-order valence-electron chi connectivity index (χ3n) is 3.83. The smallest absolute Gasteiger partial charge is 0.286 e. The van der Waals surface area contributed by atoms with Crippen LogP contribution in [0, 0.1) is 6.92 Å². The van der Waals surface area contributed by atoms with E-state index in [0.717, 1.165) is 20.3 Å². The third kappa shape index (κ3) is 4.41. The summed E-state index contributed by atoms with van der Waals surface area (Å²) in [6.07, 6.45) is 0. The molecule has 3 aromatic rings. The fourth-order valence-corrected chi connectivity index (χ4v) is 4.15. The molecule has 1 amide bonds. The molecule has 5 nitrogen and oxygen atoms in total. The summed E-state index contributed by atoms with van der Waals surface area (Å²) in [6.45, 7) is 3.03. The molecule has 2 aromatic carbocycles. The number of benzene rings is 2. The predicted octanol–water partition coefficient (Wildman–Crippen LogP) is 3.93. The Bertz CT molecular complexity index is 994. The zero-order valence-electron chi connectivity index (χ0n) is 14.6. The Kier molecular flexibility index (Phi) is 6.24. The molecule has 0 aliphatic carbocycles. The van der Waals surface area contributed by atoms with Gasteiger partial charge in [0.2, 0.25) is 0 Å². The van der Waals surface area contributed by atoms with Crippen molar-refractivity contribution in [1.82, 2.24) is 4.57 Å². The van der Waals surface area contributed by atoms with E-state index < -0.39 is 0 Å². The molecule has 1 aromatic heterocycles. The number of para-hydroxylation sites is 1. The predicted molar refractivity (Wildman–Crippen MR) is 107 cm³/mol. The fourth-order valence-electron chi connectivity index (χ4n) is 2.53. The van der Waals surface area contributed by atoms with E-state index in [0.29, 0.717) is 23.7 Å². The number of halogens is 1. The van der Waals surface area contributed by atoms with Gasteiger partial charge in [-0.15, -0.1) is 0 Å². The number of ether oxygens (including phenoxy) is 2. The third-order valence-corrected chi connectivity index (χ3v) is 5.36. The van der Waals surface area contributed by atoms with Gasteiger partial charge in [-0.3, -0.25) is 4.79 Å². The van der Waals surface area contributed by atoms with Gasteiger partial charge in [0.05, 0.1) is 16.8 Å². The first kappa shape index (κ1) is 18.8. The lowest BCUT2D eigenvalue weighted by Crippen LogP contribution is -2.21. The van der Waals surface area contributed by atoms with E-state index in [-0.39, 0.29) is 12.5 Å². The first-order chi connectivity index (χ1) is 12.6. The molecule has 0 saturated heterocycles. The van der Waals surface area contributed by atoms with Crippen molar-refractivity contribution in [3.63, 3.8) is 0 Å². The van der Waals surface area contributed by atoms with Crippen molar-refractivity contribution in [3.05, 3.63) is 57.3 Å². The number of nitrogens with zero attached hydrogens (tertiary/aromatic N) is 2. The summed E-state index contributed by atoms with van der Waals surface area (Å²) in [5.74, 6) is 0.383. The van der Waals surface area contributed by atoms with Gasteiger partial charge in [-0.2, -0.15) is 4.99 Å². The van der Waals surface area contributed by atoms with Gasteiger partial charge in [-0.25, -0.2) is 0 Å². The Morgan fingerprint density at radius 1 is 1.27 bits per heavy atom. The van der Waals surface area contributed by atoms with Gasteiger partial charge in [0, 0.05) is 18.1 Å². The molecule has 0 unspecified atom stereocenters. The zero-order valence-corrected chi connectivity index (χ0v) is 17.0. The molecule has 3 rings (SSSR count). The highest BCUT2D eigenvalue weighted by Crippen LogP contribution is 2.22. The van der Waals surface area contributed by atoms with Crippen molar-refractivity contribution < 1.29 is 14.3 Å². The summed E-state index contributed by atoms with van der Waals surface area (Å²) in [6, 6.07) is 13.6. The van der Waals surface area contributed by atoms with Crippen LogP contribution in [0.25, 0.3) is 10.2 Å². The summed E-state index contributed by atoms with van der Waals surface area (Å²) in [4.78, 5) is 17.2. The molecule has 0 radical (unpaired) electrons. The Balaban J connectivity index is 1.87. The second kappa shape index (κ2) is 8.62. The number of hydrogen-bond acceptors (Lipinski definition) is 4. The number of aryl methyl sites for hydroxylation is 1.